The van der Waals surface area contributed by atoms with Gasteiger partial charge in [-0.2, -0.15) is 0 Å². The molecule has 3 heterocycles. The molecule has 222 valence electrons. The predicted octanol–water partition coefficient (Wildman–Crippen LogP) is 6.88. The van der Waals surface area contributed by atoms with Crippen molar-refractivity contribution in [2.45, 2.75) is 33.3 Å². The first-order chi connectivity index (χ1) is 20.8. The van der Waals surface area contributed by atoms with E-state index in [-0.39, 0.29) is 23.0 Å². The van der Waals surface area contributed by atoms with Crippen molar-refractivity contribution in [3.05, 3.63) is 82.7 Å². The molecule has 0 saturated heterocycles. The number of nitro groups is 1. The van der Waals surface area contributed by atoms with Gasteiger partial charge in [-0.25, -0.2) is 24.3 Å². The Balaban J connectivity index is 1.85. The number of ether oxygens (including phenoxy) is 2. The van der Waals surface area contributed by atoms with Gasteiger partial charge in [0.2, 0.25) is 0 Å². The molecular weight excluding hydrogens is 553 g/mol. The molecule has 0 aliphatic heterocycles. The maximum Gasteiger partial charge on any atom is 0.321 e. The highest BCUT2D eigenvalue weighted by Crippen LogP contribution is 2.47. The number of nitro benzene ring substituents is 1. The Kier molecular flexibility index (Phi) is 8.58. The highest BCUT2D eigenvalue weighted by molar-refractivity contribution is 6.09. The molecule has 5 aromatic rings. The largest absolute Gasteiger partial charge is 0.421 e. The summed E-state index contributed by atoms with van der Waals surface area (Å²) in [4.78, 5) is 30.3. The quantitative estimate of drug-likeness (QED) is 0.121. The van der Waals surface area contributed by atoms with E-state index in [4.69, 9.17) is 9.47 Å². The van der Waals surface area contributed by atoms with Crippen molar-refractivity contribution in [3.63, 3.8) is 0 Å². The number of nitrogens with zero attached hydrogens (tertiary/aromatic N) is 7. The van der Waals surface area contributed by atoms with Crippen LogP contribution in [0.2, 0.25) is 0 Å². The van der Waals surface area contributed by atoms with Gasteiger partial charge in [-0.05, 0) is 61.7 Å². The zero-order valence-electron chi connectivity index (χ0n) is 24.6. The molecular formula is C31H32FN7O4. The maximum absolute atomic E-state index is 16.6. The molecule has 0 spiro atoms. The molecule has 0 fully saturated rings. The summed E-state index contributed by atoms with van der Waals surface area (Å²) in [5, 5.41) is 12.1. The summed E-state index contributed by atoms with van der Waals surface area (Å²) in [6.07, 6.45) is 4.61. The molecule has 1 unspecified atom stereocenters. The molecule has 1 atom stereocenters. The predicted molar refractivity (Wildman–Crippen MR) is 162 cm³/mol. The Morgan fingerprint density at radius 1 is 1.07 bits per heavy atom. The molecule has 12 heteroatoms. The van der Waals surface area contributed by atoms with Crippen LogP contribution in [0.4, 0.5) is 15.9 Å². The van der Waals surface area contributed by atoms with Gasteiger partial charge < -0.3 is 18.9 Å². The monoisotopic (exact) mass is 585 g/mol. The SMILES string of the molecule is CCCOC(C)c1c(-c2c(-c3ccc([N+](=O)[O-])cc3)n(C)c3ncnc(N(C)CC)c23)ccc(Oc2ncccn2)c1F. The van der Waals surface area contributed by atoms with Gasteiger partial charge in [-0.15, -0.1) is 0 Å². The van der Waals surface area contributed by atoms with Crippen molar-refractivity contribution in [2.75, 3.05) is 25.1 Å². The molecule has 2 aromatic carbocycles. The lowest BCUT2D eigenvalue weighted by Crippen LogP contribution is -2.17. The summed E-state index contributed by atoms with van der Waals surface area (Å²) in [5.41, 5.74) is 3.49. The number of halogens is 1. The summed E-state index contributed by atoms with van der Waals surface area (Å²) in [6, 6.07) is 11.3. The number of fused-ring (bicyclic) bond motifs is 1. The molecule has 0 aliphatic carbocycles. The van der Waals surface area contributed by atoms with Gasteiger partial charge in [0, 0.05) is 62.9 Å². The van der Waals surface area contributed by atoms with E-state index in [0.29, 0.717) is 52.4 Å². The van der Waals surface area contributed by atoms with Crippen molar-refractivity contribution in [3.8, 4) is 34.1 Å². The third-order valence-electron chi connectivity index (χ3n) is 7.27. The summed E-state index contributed by atoms with van der Waals surface area (Å²) in [5.74, 6) is 0.0105. The number of rotatable bonds is 11. The Hall–Kier alpha value is -4.97. The first-order valence-corrected chi connectivity index (χ1v) is 13.9. The smallest absolute Gasteiger partial charge is 0.321 e. The van der Waals surface area contributed by atoms with Gasteiger partial charge in [-0.1, -0.05) is 6.92 Å². The van der Waals surface area contributed by atoms with E-state index in [1.807, 2.05) is 37.4 Å². The minimum absolute atomic E-state index is 0.0132. The number of benzene rings is 2. The standard InChI is InChI=1S/C31H32FN7O4/c1-6-17-42-19(3)24-22(13-14-23(27(24)32)43-31-33-15-8-16-34-31)25-26-29(37(4)7-2)35-18-36-30(26)38(5)28(25)20-9-11-21(12-10-20)39(40)41/h8-16,18-19H,6-7,17H2,1-5H3. The number of aryl methyl sites for hydroxylation is 1. The van der Waals surface area contributed by atoms with E-state index in [9.17, 15) is 10.1 Å². The van der Waals surface area contributed by atoms with Gasteiger partial charge >= 0.3 is 6.01 Å². The molecule has 43 heavy (non-hydrogen) atoms. The normalized spacial score (nSPS) is 12.0. The van der Waals surface area contributed by atoms with Gasteiger partial charge in [0.15, 0.2) is 11.6 Å². The van der Waals surface area contributed by atoms with Crippen LogP contribution >= 0.6 is 0 Å². The Labute approximate surface area is 248 Å². The Morgan fingerprint density at radius 2 is 1.79 bits per heavy atom. The molecule has 5 rings (SSSR count). The summed E-state index contributed by atoms with van der Waals surface area (Å²) in [7, 11) is 3.79. The van der Waals surface area contributed by atoms with Gasteiger partial charge in [-0.3, -0.25) is 10.1 Å². The van der Waals surface area contributed by atoms with E-state index in [1.54, 1.807) is 37.3 Å². The summed E-state index contributed by atoms with van der Waals surface area (Å²) in [6.45, 7) is 6.88. The molecule has 0 amide bonds. The third-order valence-corrected chi connectivity index (χ3v) is 7.27. The van der Waals surface area contributed by atoms with E-state index >= 15 is 4.39 Å². The van der Waals surface area contributed by atoms with Crippen molar-refractivity contribution in [1.29, 1.82) is 0 Å². The number of aromatic nitrogens is 5. The van der Waals surface area contributed by atoms with Crippen LogP contribution in [-0.4, -0.2) is 49.6 Å². The number of hydrogen-bond donors (Lipinski definition) is 0. The van der Waals surface area contributed by atoms with Crippen LogP contribution in [0.25, 0.3) is 33.4 Å². The summed E-state index contributed by atoms with van der Waals surface area (Å²) < 4.78 is 30.4. The minimum atomic E-state index is -0.660. The maximum atomic E-state index is 16.6. The van der Waals surface area contributed by atoms with Crippen molar-refractivity contribution >= 4 is 22.5 Å². The number of anilines is 1. The van der Waals surface area contributed by atoms with E-state index < -0.39 is 16.8 Å². The third kappa shape index (κ3) is 5.61. The molecule has 3 aromatic heterocycles. The minimum Gasteiger partial charge on any atom is -0.421 e. The highest BCUT2D eigenvalue weighted by atomic mass is 19.1. The number of non-ortho nitro benzene ring substituents is 1. The van der Waals surface area contributed by atoms with Gasteiger partial charge in [0.1, 0.15) is 17.8 Å². The first kappa shape index (κ1) is 29.5. The van der Waals surface area contributed by atoms with Crippen LogP contribution < -0.4 is 9.64 Å². The molecule has 0 bridgehead atoms. The van der Waals surface area contributed by atoms with Crippen LogP contribution in [0.3, 0.4) is 0 Å². The number of hydrogen-bond acceptors (Lipinski definition) is 9. The fourth-order valence-corrected chi connectivity index (χ4v) is 5.10. The average molecular weight is 586 g/mol. The zero-order chi connectivity index (χ0) is 30.7. The molecule has 0 aliphatic rings. The van der Waals surface area contributed by atoms with Crippen LogP contribution in [0.1, 0.15) is 38.9 Å². The van der Waals surface area contributed by atoms with Crippen molar-refractivity contribution in [1.82, 2.24) is 24.5 Å². The average Bonchev–Trinajstić information content (AvgIpc) is 3.32. The van der Waals surface area contributed by atoms with Crippen LogP contribution in [0.5, 0.6) is 11.8 Å². The fraction of sp³-hybridized carbons (Fsp3) is 0.290. The van der Waals surface area contributed by atoms with E-state index in [2.05, 4.69) is 19.9 Å². The molecule has 11 nitrogen and oxygen atoms in total. The molecule has 0 N–H and O–H groups in total. The van der Waals surface area contributed by atoms with Crippen LogP contribution in [-0.2, 0) is 11.8 Å². The second-order valence-corrected chi connectivity index (χ2v) is 9.98. The summed E-state index contributed by atoms with van der Waals surface area (Å²) >= 11 is 0. The van der Waals surface area contributed by atoms with Gasteiger partial charge in [0.05, 0.1) is 22.1 Å². The Morgan fingerprint density at radius 3 is 2.44 bits per heavy atom. The van der Waals surface area contributed by atoms with E-state index in [1.165, 1.54) is 30.9 Å². The van der Waals surface area contributed by atoms with Gasteiger partial charge in [0.25, 0.3) is 5.69 Å². The van der Waals surface area contributed by atoms with Crippen LogP contribution in [0.15, 0.2) is 61.2 Å². The first-order valence-electron chi connectivity index (χ1n) is 13.9. The lowest BCUT2D eigenvalue weighted by atomic mass is 9.91. The van der Waals surface area contributed by atoms with Crippen LogP contribution in [0, 0.1) is 15.9 Å². The second-order valence-electron chi connectivity index (χ2n) is 9.98. The lowest BCUT2D eigenvalue weighted by molar-refractivity contribution is -0.384. The zero-order valence-corrected chi connectivity index (χ0v) is 24.6. The fourth-order valence-electron chi connectivity index (χ4n) is 5.10. The van der Waals surface area contributed by atoms with E-state index in [0.717, 1.165) is 6.42 Å². The van der Waals surface area contributed by atoms with Crippen molar-refractivity contribution < 1.29 is 18.8 Å². The molecule has 0 saturated carbocycles. The highest BCUT2D eigenvalue weighted by Gasteiger charge is 2.30. The molecule has 0 radical (unpaired) electrons. The topological polar surface area (TPSA) is 121 Å². The Bertz CT molecular complexity index is 1760. The second kappa shape index (κ2) is 12.5. The lowest BCUT2D eigenvalue weighted by Gasteiger charge is -2.22. The van der Waals surface area contributed by atoms with Crippen molar-refractivity contribution in [2.24, 2.45) is 7.05 Å².